The van der Waals surface area contributed by atoms with Gasteiger partial charge in [0.15, 0.2) is 17.1 Å². The van der Waals surface area contributed by atoms with Crippen molar-refractivity contribution in [3.63, 3.8) is 0 Å². The van der Waals surface area contributed by atoms with Gasteiger partial charge in [0.25, 0.3) is 5.91 Å². The molecule has 0 spiro atoms. The average molecular weight is 546 g/mol. The van der Waals surface area contributed by atoms with Gasteiger partial charge in [-0.1, -0.05) is 18.6 Å². The number of Topliss-reactive ketones (excluding diaryl/α,β-unsaturated/α-hetero) is 1. The smallest absolute Gasteiger partial charge is 0.276 e. The first kappa shape index (κ1) is 26.7. The van der Waals surface area contributed by atoms with Gasteiger partial charge in [-0.05, 0) is 88.1 Å². The molecule has 1 fully saturated rings. The Morgan fingerprint density at radius 3 is 2.28 bits per heavy atom. The van der Waals surface area contributed by atoms with E-state index in [4.69, 9.17) is 0 Å². The Morgan fingerprint density at radius 1 is 0.923 bits per heavy atom. The Morgan fingerprint density at radius 2 is 1.62 bits per heavy atom. The normalized spacial score (nSPS) is 14.5. The van der Waals surface area contributed by atoms with Crippen LogP contribution < -0.4 is 5.32 Å². The number of benzene rings is 2. The Labute approximate surface area is 227 Å². The molecule has 4 aromatic rings. The number of aryl methyl sites for hydroxylation is 3. The van der Waals surface area contributed by atoms with E-state index >= 15 is 0 Å². The highest BCUT2D eigenvalue weighted by Gasteiger charge is 2.29. The zero-order chi connectivity index (χ0) is 27.9. The number of amides is 1. The van der Waals surface area contributed by atoms with Gasteiger partial charge in [0, 0.05) is 35.7 Å². The molecule has 2 aromatic carbocycles. The molecule has 1 amide bonds. The van der Waals surface area contributed by atoms with E-state index in [9.17, 15) is 18.0 Å². The first-order chi connectivity index (χ1) is 18.6. The van der Waals surface area contributed by atoms with Crippen LogP contribution in [-0.4, -0.2) is 52.1 Å². The standard InChI is InChI=1S/C29H31N5O4S/c1-18-8-9-23(17-25(18)39(37,38)33-14-6-5-7-15-33)26-27(32-34-20(3)16-19(2)30-28(26)34)29(36)31-24-12-10-22(11-13-24)21(4)35/h8-13,16-17H,5-7,14-15H2,1-4H3,(H,31,36). The third-order valence-corrected chi connectivity index (χ3v) is 9.11. The summed E-state index contributed by atoms with van der Waals surface area (Å²) in [4.78, 5) is 30.1. The number of sulfonamides is 1. The number of carbonyl (C=O) groups is 2. The molecule has 1 saturated heterocycles. The zero-order valence-electron chi connectivity index (χ0n) is 22.5. The minimum absolute atomic E-state index is 0.0675. The summed E-state index contributed by atoms with van der Waals surface area (Å²) in [7, 11) is -3.71. The summed E-state index contributed by atoms with van der Waals surface area (Å²) in [5, 5.41) is 7.46. The highest BCUT2D eigenvalue weighted by molar-refractivity contribution is 7.89. The maximum Gasteiger partial charge on any atom is 0.276 e. The number of nitrogens with zero attached hydrogens (tertiary/aromatic N) is 4. The van der Waals surface area contributed by atoms with E-state index in [0.717, 1.165) is 30.7 Å². The number of rotatable bonds is 6. The molecule has 2 aromatic heterocycles. The SMILES string of the molecule is CC(=O)c1ccc(NC(=O)c2nn3c(C)cc(C)nc3c2-c2ccc(C)c(S(=O)(=O)N3CCCCC3)c2)cc1. The molecule has 0 unspecified atom stereocenters. The van der Waals surface area contributed by atoms with Crippen molar-refractivity contribution in [3.8, 4) is 11.1 Å². The van der Waals surface area contributed by atoms with Gasteiger partial charge in [-0.2, -0.15) is 9.40 Å². The summed E-state index contributed by atoms with van der Waals surface area (Å²) >= 11 is 0. The highest BCUT2D eigenvalue weighted by Crippen LogP contribution is 2.33. The molecule has 1 N–H and O–H groups in total. The van der Waals surface area contributed by atoms with Crippen LogP contribution in [0.25, 0.3) is 16.8 Å². The van der Waals surface area contributed by atoms with Crippen LogP contribution in [0.4, 0.5) is 5.69 Å². The van der Waals surface area contributed by atoms with Crippen molar-refractivity contribution in [3.05, 3.63) is 76.7 Å². The van der Waals surface area contributed by atoms with Gasteiger partial charge in [-0.25, -0.2) is 17.9 Å². The highest BCUT2D eigenvalue weighted by atomic mass is 32.2. The van der Waals surface area contributed by atoms with Crippen LogP contribution in [0.5, 0.6) is 0 Å². The molecule has 39 heavy (non-hydrogen) atoms. The van der Waals surface area contributed by atoms with Crippen molar-refractivity contribution >= 4 is 33.0 Å². The second-order valence-electron chi connectivity index (χ2n) is 10.0. The first-order valence-electron chi connectivity index (χ1n) is 13.0. The second-order valence-corrected chi connectivity index (χ2v) is 11.9. The Kier molecular flexibility index (Phi) is 7.09. The van der Waals surface area contributed by atoms with E-state index < -0.39 is 15.9 Å². The molecule has 0 radical (unpaired) electrons. The van der Waals surface area contributed by atoms with Gasteiger partial charge in [0.1, 0.15) is 0 Å². The molecule has 202 valence electrons. The van der Waals surface area contributed by atoms with Crippen molar-refractivity contribution in [1.29, 1.82) is 0 Å². The molecule has 0 atom stereocenters. The van der Waals surface area contributed by atoms with Crippen LogP contribution in [0.15, 0.2) is 53.4 Å². The van der Waals surface area contributed by atoms with Gasteiger partial charge >= 0.3 is 0 Å². The lowest BCUT2D eigenvalue weighted by atomic mass is 10.0. The largest absolute Gasteiger partial charge is 0.321 e. The second kappa shape index (κ2) is 10.3. The molecule has 1 aliphatic rings. The average Bonchev–Trinajstić information content (AvgIpc) is 3.29. The van der Waals surface area contributed by atoms with Crippen molar-refractivity contribution in [2.45, 2.75) is 51.9 Å². The zero-order valence-corrected chi connectivity index (χ0v) is 23.3. The molecule has 1 aliphatic heterocycles. The number of piperidine rings is 1. The van der Waals surface area contributed by atoms with Crippen LogP contribution in [0, 0.1) is 20.8 Å². The van der Waals surface area contributed by atoms with E-state index in [1.807, 2.05) is 19.9 Å². The maximum absolute atomic E-state index is 13.6. The summed E-state index contributed by atoms with van der Waals surface area (Å²) in [6, 6.07) is 13.7. The molecule has 5 rings (SSSR count). The number of nitrogens with one attached hydrogen (secondary N) is 1. The fourth-order valence-electron chi connectivity index (χ4n) is 5.00. The Hall–Kier alpha value is -3.89. The maximum atomic E-state index is 13.6. The topological polar surface area (TPSA) is 114 Å². The lowest BCUT2D eigenvalue weighted by Crippen LogP contribution is -2.35. The van der Waals surface area contributed by atoms with Gasteiger partial charge in [-0.3, -0.25) is 9.59 Å². The lowest BCUT2D eigenvalue weighted by molar-refractivity contribution is 0.101. The van der Waals surface area contributed by atoms with Gasteiger partial charge < -0.3 is 5.32 Å². The molecular formula is C29H31N5O4S. The van der Waals surface area contributed by atoms with Crippen LogP contribution in [0.2, 0.25) is 0 Å². The summed E-state index contributed by atoms with van der Waals surface area (Å²) in [6.07, 6.45) is 2.70. The first-order valence-corrected chi connectivity index (χ1v) is 14.4. The number of aromatic nitrogens is 3. The minimum atomic E-state index is -3.71. The monoisotopic (exact) mass is 545 g/mol. The Balaban J connectivity index is 1.63. The number of carbonyl (C=O) groups excluding carboxylic acids is 2. The molecule has 0 aliphatic carbocycles. The fourth-order valence-corrected chi connectivity index (χ4v) is 6.77. The van der Waals surface area contributed by atoms with E-state index in [1.54, 1.807) is 58.2 Å². The van der Waals surface area contributed by atoms with E-state index in [2.05, 4.69) is 15.4 Å². The van der Waals surface area contributed by atoms with Crippen LogP contribution >= 0.6 is 0 Å². The van der Waals surface area contributed by atoms with Crippen molar-refractivity contribution in [2.75, 3.05) is 18.4 Å². The Bertz CT molecular complexity index is 1700. The molecular weight excluding hydrogens is 514 g/mol. The van der Waals surface area contributed by atoms with Crippen LogP contribution in [-0.2, 0) is 10.0 Å². The van der Waals surface area contributed by atoms with E-state index in [-0.39, 0.29) is 16.4 Å². The van der Waals surface area contributed by atoms with E-state index in [1.165, 1.54) is 6.92 Å². The number of hydrogen-bond donors (Lipinski definition) is 1. The van der Waals surface area contributed by atoms with Gasteiger partial charge in [0.05, 0.1) is 10.5 Å². The summed E-state index contributed by atoms with van der Waals surface area (Å²) in [5.74, 6) is -0.536. The fraction of sp³-hybridized carbons (Fsp3) is 0.310. The van der Waals surface area contributed by atoms with Gasteiger partial charge in [0.2, 0.25) is 10.0 Å². The summed E-state index contributed by atoms with van der Waals surface area (Å²) in [5.41, 5.74) is 4.81. The third kappa shape index (κ3) is 5.09. The predicted molar refractivity (Wildman–Crippen MR) is 150 cm³/mol. The number of ketones is 1. The number of fused-ring (bicyclic) bond motifs is 1. The molecule has 10 heteroatoms. The van der Waals surface area contributed by atoms with Crippen molar-refractivity contribution < 1.29 is 18.0 Å². The number of hydrogen-bond acceptors (Lipinski definition) is 6. The molecule has 3 heterocycles. The molecule has 0 saturated carbocycles. The summed E-state index contributed by atoms with van der Waals surface area (Å²) < 4.78 is 30.4. The number of anilines is 1. The van der Waals surface area contributed by atoms with Crippen molar-refractivity contribution in [1.82, 2.24) is 18.9 Å². The molecule has 9 nitrogen and oxygen atoms in total. The lowest BCUT2D eigenvalue weighted by Gasteiger charge is -2.26. The minimum Gasteiger partial charge on any atom is -0.321 e. The molecule has 0 bridgehead atoms. The van der Waals surface area contributed by atoms with Crippen LogP contribution in [0.3, 0.4) is 0 Å². The predicted octanol–water partition coefficient (Wildman–Crippen LogP) is 4.95. The summed E-state index contributed by atoms with van der Waals surface area (Å²) in [6.45, 7) is 8.00. The van der Waals surface area contributed by atoms with Crippen molar-refractivity contribution in [2.24, 2.45) is 0 Å². The quantitative estimate of drug-likeness (QED) is 0.343. The van der Waals surface area contributed by atoms with E-state index in [0.29, 0.717) is 46.7 Å². The van der Waals surface area contributed by atoms with Gasteiger partial charge in [-0.15, -0.1) is 0 Å². The third-order valence-electron chi connectivity index (χ3n) is 7.07. The van der Waals surface area contributed by atoms with Crippen LogP contribution in [0.1, 0.15) is 64.0 Å².